The Bertz CT molecular complexity index is 533. The lowest BCUT2D eigenvalue weighted by Crippen LogP contribution is -2.42. The normalized spacial score (nSPS) is 21.5. The van der Waals surface area contributed by atoms with Crippen LogP contribution in [0.4, 0.5) is 0 Å². The van der Waals surface area contributed by atoms with Gasteiger partial charge in [0.2, 0.25) is 0 Å². The second kappa shape index (κ2) is 6.23. The minimum Gasteiger partial charge on any atom is -0.496 e. The molecule has 7 heteroatoms. The molecular weight excluding hydrogens is 330 g/mol. The number of carboxylic acids is 1. The Kier molecular flexibility index (Phi) is 4.61. The van der Waals surface area contributed by atoms with Crippen LogP contribution in [0.15, 0.2) is 22.7 Å². The van der Waals surface area contributed by atoms with E-state index in [2.05, 4.69) is 21.2 Å². The summed E-state index contributed by atoms with van der Waals surface area (Å²) in [6.07, 6.45) is 0. The van der Waals surface area contributed by atoms with Gasteiger partial charge in [0, 0.05) is 5.56 Å². The third kappa shape index (κ3) is 3.10. The van der Waals surface area contributed by atoms with Crippen LogP contribution in [-0.4, -0.2) is 43.3 Å². The highest BCUT2D eigenvalue weighted by atomic mass is 79.9. The maximum atomic E-state index is 12.1. The number of ether oxygens (including phenoxy) is 2. The fourth-order valence-electron chi connectivity index (χ4n) is 2.00. The molecule has 1 heterocycles. The van der Waals surface area contributed by atoms with Crippen molar-refractivity contribution in [3.63, 3.8) is 0 Å². The summed E-state index contributed by atoms with van der Waals surface area (Å²) in [7, 11) is 1.53. The van der Waals surface area contributed by atoms with Crippen LogP contribution >= 0.6 is 15.9 Å². The van der Waals surface area contributed by atoms with Crippen molar-refractivity contribution < 1.29 is 24.2 Å². The van der Waals surface area contributed by atoms with Gasteiger partial charge in [-0.3, -0.25) is 9.59 Å². The number of rotatable bonds is 4. The summed E-state index contributed by atoms with van der Waals surface area (Å²) >= 11 is 3.30. The van der Waals surface area contributed by atoms with E-state index in [0.717, 1.165) is 0 Å². The molecule has 6 nitrogen and oxygen atoms in total. The maximum Gasteiger partial charge on any atom is 0.311 e. The number of hydrogen-bond acceptors (Lipinski definition) is 4. The number of carboxylic acid groups (broad SMARTS) is 1. The van der Waals surface area contributed by atoms with Gasteiger partial charge in [-0.05, 0) is 34.1 Å². The molecule has 2 N–H and O–H groups in total. The first-order valence-electron chi connectivity index (χ1n) is 5.98. The summed E-state index contributed by atoms with van der Waals surface area (Å²) in [5.41, 5.74) is 0.425. The highest BCUT2D eigenvalue weighted by Gasteiger charge is 2.35. The molecule has 1 amide bonds. The molecule has 1 aromatic carbocycles. The van der Waals surface area contributed by atoms with E-state index in [9.17, 15) is 9.59 Å². The molecule has 0 aromatic heterocycles. The van der Waals surface area contributed by atoms with Crippen LogP contribution in [0.2, 0.25) is 0 Å². The minimum absolute atomic E-state index is 0.118. The lowest BCUT2D eigenvalue weighted by Gasteiger charge is -2.16. The molecule has 0 aliphatic carbocycles. The Morgan fingerprint density at radius 3 is 2.80 bits per heavy atom. The van der Waals surface area contributed by atoms with E-state index in [1.807, 2.05) is 0 Å². The molecule has 2 atom stereocenters. The highest BCUT2D eigenvalue weighted by molar-refractivity contribution is 9.10. The molecule has 108 valence electrons. The van der Waals surface area contributed by atoms with E-state index in [1.165, 1.54) is 7.11 Å². The summed E-state index contributed by atoms with van der Waals surface area (Å²) in [6, 6.07) is 4.39. The number of hydrogen-bond donors (Lipinski definition) is 2. The van der Waals surface area contributed by atoms with Crippen molar-refractivity contribution in [1.82, 2.24) is 5.32 Å². The molecule has 0 spiro atoms. The summed E-state index contributed by atoms with van der Waals surface area (Å²) in [5, 5.41) is 11.7. The van der Waals surface area contributed by atoms with Crippen molar-refractivity contribution >= 4 is 27.8 Å². The predicted octanol–water partition coefficient (Wildman–Crippen LogP) is 1.29. The second-order valence-corrected chi connectivity index (χ2v) is 5.27. The number of carbonyl (C=O) groups excluding carboxylic acids is 1. The van der Waals surface area contributed by atoms with E-state index in [0.29, 0.717) is 15.8 Å². The Hall–Kier alpha value is -1.60. The van der Waals surface area contributed by atoms with E-state index in [4.69, 9.17) is 14.6 Å². The molecule has 0 saturated carbocycles. The lowest BCUT2D eigenvalue weighted by atomic mass is 10.0. The first-order chi connectivity index (χ1) is 9.52. The number of aliphatic carboxylic acids is 1. The zero-order chi connectivity index (χ0) is 14.7. The van der Waals surface area contributed by atoms with Crippen LogP contribution in [0.3, 0.4) is 0 Å². The summed E-state index contributed by atoms with van der Waals surface area (Å²) in [6.45, 7) is 0.326. The molecule has 2 unspecified atom stereocenters. The van der Waals surface area contributed by atoms with Crippen LogP contribution in [0.5, 0.6) is 5.75 Å². The SMILES string of the molecule is COc1ccc(C(=O)NC2COCC2C(=O)O)cc1Br. The summed E-state index contributed by atoms with van der Waals surface area (Å²) < 4.78 is 10.8. The number of halogens is 1. The van der Waals surface area contributed by atoms with Gasteiger partial charge in [0.15, 0.2) is 0 Å². The van der Waals surface area contributed by atoms with Gasteiger partial charge in [-0.2, -0.15) is 0 Å². The molecule has 1 aliphatic heterocycles. The average molecular weight is 344 g/mol. The smallest absolute Gasteiger partial charge is 0.311 e. The van der Waals surface area contributed by atoms with Crippen LogP contribution < -0.4 is 10.1 Å². The van der Waals surface area contributed by atoms with Gasteiger partial charge in [-0.25, -0.2) is 0 Å². The van der Waals surface area contributed by atoms with Crippen molar-refractivity contribution in [3.05, 3.63) is 28.2 Å². The van der Waals surface area contributed by atoms with Gasteiger partial charge in [0.25, 0.3) is 5.91 Å². The number of methoxy groups -OCH3 is 1. The van der Waals surface area contributed by atoms with Gasteiger partial charge in [-0.1, -0.05) is 0 Å². The van der Waals surface area contributed by atoms with Crippen molar-refractivity contribution in [3.8, 4) is 5.75 Å². The fraction of sp³-hybridized carbons (Fsp3) is 0.385. The molecule has 1 aliphatic rings. The number of carbonyl (C=O) groups is 2. The number of amides is 1. The zero-order valence-corrected chi connectivity index (χ0v) is 12.3. The summed E-state index contributed by atoms with van der Waals surface area (Å²) in [5.74, 6) is -1.39. The summed E-state index contributed by atoms with van der Waals surface area (Å²) in [4.78, 5) is 23.1. The van der Waals surface area contributed by atoms with E-state index in [-0.39, 0.29) is 19.1 Å². The van der Waals surface area contributed by atoms with Crippen LogP contribution in [0.25, 0.3) is 0 Å². The van der Waals surface area contributed by atoms with E-state index in [1.54, 1.807) is 18.2 Å². The minimum atomic E-state index is -0.969. The molecule has 0 bridgehead atoms. The molecule has 2 rings (SSSR count). The van der Waals surface area contributed by atoms with Gasteiger partial charge in [0.1, 0.15) is 11.7 Å². The first kappa shape index (κ1) is 14.8. The van der Waals surface area contributed by atoms with E-state index >= 15 is 0 Å². The number of benzene rings is 1. The van der Waals surface area contributed by atoms with Crippen LogP contribution in [0, 0.1) is 5.92 Å². The molecule has 1 saturated heterocycles. The highest BCUT2D eigenvalue weighted by Crippen LogP contribution is 2.25. The van der Waals surface area contributed by atoms with Gasteiger partial charge >= 0.3 is 5.97 Å². The molecule has 1 aromatic rings. The Morgan fingerprint density at radius 2 is 2.20 bits per heavy atom. The molecule has 0 radical (unpaired) electrons. The predicted molar refractivity (Wildman–Crippen MR) is 73.9 cm³/mol. The monoisotopic (exact) mass is 343 g/mol. The maximum absolute atomic E-state index is 12.1. The van der Waals surface area contributed by atoms with Gasteiger partial charge < -0.3 is 19.9 Å². The van der Waals surface area contributed by atoms with Gasteiger partial charge in [-0.15, -0.1) is 0 Å². The topological polar surface area (TPSA) is 84.9 Å². The van der Waals surface area contributed by atoms with Crippen LogP contribution in [-0.2, 0) is 9.53 Å². The van der Waals surface area contributed by atoms with Crippen molar-refractivity contribution in [2.24, 2.45) is 5.92 Å². The van der Waals surface area contributed by atoms with Crippen molar-refractivity contribution in [2.45, 2.75) is 6.04 Å². The number of nitrogens with one attached hydrogen (secondary N) is 1. The molecule has 20 heavy (non-hydrogen) atoms. The van der Waals surface area contributed by atoms with Gasteiger partial charge in [0.05, 0.1) is 30.8 Å². The third-order valence-corrected chi connectivity index (χ3v) is 3.75. The van der Waals surface area contributed by atoms with Crippen molar-refractivity contribution in [1.29, 1.82) is 0 Å². The Labute approximate surface area is 124 Å². The molecule has 1 fully saturated rings. The second-order valence-electron chi connectivity index (χ2n) is 4.41. The van der Waals surface area contributed by atoms with Crippen molar-refractivity contribution in [2.75, 3.05) is 20.3 Å². The largest absolute Gasteiger partial charge is 0.496 e. The third-order valence-electron chi connectivity index (χ3n) is 3.13. The first-order valence-corrected chi connectivity index (χ1v) is 6.77. The average Bonchev–Trinajstić information content (AvgIpc) is 2.86. The molecular formula is C13H14BrNO5. The Balaban J connectivity index is 2.08. The van der Waals surface area contributed by atoms with Crippen LogP contribution in [0.1, 0.15) is 10.4 Å². The quantitative estimate of drug-likeness (QED) is 0.860. The van der Waals surface area contributed by atoms with E-state index < -0.39 is 17.9 Å². The standard InChI is InChI=1S/C13H14BrNO5/c1-19-11-3-2-7(4-9(11)14)12(16)15-10-6-20-5-8(10)13(17)18/h2-4,8,10H,5-6H2,1H3,(H,15,16)(H,17,18). The Morgan fingerprint density at radius 1 is 1.45 bits per heavy atom. The fourth-order valence-corrected chi connectivity index (χ4v) is 2.54. The lowest BCUT2D eigenvalue weighted by molar-refractivity contribution is -0.142. The zero-order valence-electron chi connectivity index (χ0n) is 10.8.